The topological polar surface area (TPSA) is 17.1 Å². The fraction of sp³-hybridized carbons (Fsp3) is 0.640. The molecule has 0 aliphatic rings. The van der Waals surface area contributed by atoms with Gasteiger partial charge in [-0.1, -0.05) is 0 Å². The molecule has 0 aromatic heterocycles. The normalized spacial score (nSPS) is 11.5. The van der Waals surface area contributed by atoms with Gasteiger partial charge in [0.1, 0.15) is 0 Å². The van der Waals surface area contributed by atoms with Crippen LogP contribution in [0.3, 0.4) is 0 Å². The standard InChI is InChI=1S/C13H15O.3C4H9.Sn/c1-9(2)10(3)12-5-7-13(8-6-12)11(4)14;3*1-3-4-2;/h5-8H,3H2,1-2,4H3;3*1,3-4H2,2H3;. The summed E-state index contributed by atoms with van der Waals surface area (Å²) in [6, 6.07) is 8.41. The van der Waals surface area contributed by atoms with Crippen LogP contribution in [0, 0.1) is 0 Å². The van der Waals surface area contributed by atoms with Gasteiger partial charge in [-0.2, -0.15) is 0 Å². The van der Waals surface area contributed by atoms with Gasteiger partial charge >= 0.3 is 173 Å². The van der Waals surface area contributed by atoms with E-state index >= 15 is 0 Å². The van der Waals surface area contributed by atoms with Gasteiger partial charge in [0.2, 0.25) is 0 Å². The summed E-state index contributed by atoms with van der Waals surface area (Å²) in [7, 11) is 0. The Morgan fingerprint density at radius 3 is 1.48 bits per heavy atom. The first-order valence-corrected chi connectivity index (χ1v) is 19.2. The van der Waals surface area contributed by atoms with Crippen LogP contribution in [-0.4, -0.2) is 24.2 Å². The molecule has 0 amide bonds. The quantitative estimate of drug-likeness (QED) is 0.206. The molecule has 0 aliphatic carbocycles. The van der Waals surface area contributed by atoms with Crippen molar-refractivity contribution < 1.29 is 4.79 Å². The summed E-state index contributed by atoms with van der Waals surface area (Å²) in [4.78, 5) is 11.6. The first kappa shape index (κ1) is 24.5. The molecule has 1 nitrogen and oxygen atoms in total. The summed E-state index contributed by atoms with van der Waals surface area (Å²) in [6.07, 6.45) is 8.24. The van der Waals surface area contributed by atoms with Gasteiger partial charge in [0.15, 0.2) is 0 Å². The molecule has 0 N–H and O–H groups in total. The van der Waals surface area contributed by atoms with E-state index in [4.69, 9.17) is 0 Å². The molecule has 1 aromatic rings. The molecule has 0 saturated heterocycles. The predicted molar refractivity (Wildman–Crippen MR) is 124 cm³/mol. The van der Waals surface area contributed by atoms with E-state index in [-0.39, 0.29) is 5.78 Å². The van der Waals surface area contributed by atoms with Crippen molar-refractivity contribution in [1.29, 1.82) is 0 Å². The molecule has 0 saturated carbocycles. The number of ketones is 1. The Balaban J connectivity index is 3.20. The Morgan fingerprint density at radius 1 is 0.741 bits per heavy atom. The number of unbranched alkanes of at least 4 members (excludes halogenated alkanes) is 3. The van der Waals surface area contributed by atoms with E-state index in [1.807, 2.05) is 12.1 Å². The van der Waals surface area contributed by atoms with Crippen molar-refractivity contribution >= 4 is 29.7 Å². The fourth-order valence-corrected chi connectivity index (χ4v) is 21.0. The minimum absolute atomic E-state index is 0.155. The summed E-state index contributed by atoms with van der Waals surface area (Å²) in [6.45, 7) is 13.3. The number of carbonyl (C=O) groups excluding carboxylic acids is 1. The number of hydrogen-bond donors (Lipinski definition) is 0. The zero-order chi connectivity index (χ0) is 20.3. The van der Waals surface area contributed by atoms with Crippen LogP contribution in [0.4, 0.5) is 0 Å². The van der Waals surface area contributed by atoms with E-state index < -0.39 is 18.4 Å². The van der Waals surface area contributed by atoms with E-state index in [1.165, 1.54) is 54.1 Å². The number of hydrogen-bond acceptors (Lipinski definition) is 1. The molecule has 0 radical (unpaired) electrons. The van der Waals surface area contributed by atoms with Crippen LogP contribution < -0.4 is 0 Å². The van der Waals surface area contributed by atoms with Crippen molar-refractivity contribution in [3.63, 3.8) is 0 Å². The number of benzene rings is 1. The Hall–Kier alpha value is -0.571. The molecule has 152 valence electrons. The second-order valence-electron chi connectivity index (χ2n) is 8.60. The van der Waals surface area contributed by atoms with Gasteiger partial charge < -0.3 is 0 Å². The summed E-state index contributed by atoms with van der Waals surface area (Å²) in [5.74, 6) is 0.155. The third kappa shape index (κ3) is 8.13. The van der Waals surface area contributed by atoms with Gasteiger partial charge in [-0.15, -0.1) is 0 Å². The molecule has 27 heavy (non-hydrogen) atoms. The molecule has 0 heterocycles. The average Bonchev–Trinajstić information content (AvgIpc) is 2.66. The molecule has 0 atom stereocenters. The van der Waals surface area contributed by atoms with Crippen molar-refractivity contribution in [2.45, 2.75) is 97.8 Å². The first-order valence-electron chi connectivity index (χ1n) is 11.2. The molecule has 1 aromatic carbocycles. The SMILES string of the molecule is CCC[CH2][Sn]([CH2]CCC)([CH2]CCC)[CH2]C(=C(C)C)c1ccc(C(C)=O)cc1. The van der Waals surface area contributed by atoms with Crippen LogP contribution in [0.15, 0.2) is 29.8 Å². The van der Waals surface area contributed by atoms with Crippen LogP contribution in [0.5, 0.6) is 0 Å². The van der Waals surface area contributed by atoms with Crippen LogP contribution in [-0.2, 0) is 0 Å². The Bertz CT molecular complexity index is 571. The maximum absolute atomic E-state index is 11.6. The molecule has 0 bridgehead atoms. The molecule has 0 spiro atoms. The summed E-state index contributed by atoms with van der Waals surface area (Å²) in [5.41, 5.74) is 5.23. The van der Waals surface area contributed by atoms with E-state index in [1.54, 1.807) is 25.8 Å². The van der Waals surface area contributed by atoms with Gasteiger partial charge in [0, 0.05) is 0 Å². The van der Waals surface area contributed by atoms with E-state index in [0.717, 1.165) is 5.56 Å². The second-order valence-corrected chi connectivity index (χ2v) is 22.5. The third-order valence-corrected chi connectivity index (χ3v) is 21.2. The predicted octanol–water partition coefficient (Wildman–Crippen LogP) is 8.53. The van der Waals surface area contributed by atoms with E-state index in [9.17, 15) is 4.79 Å². The summed E-state index contributed by atoms with van der Waals surface area (Å²) < 4.78 is 6.03. The van der Waals surface area contributed by atoms with Crippen molar-refractivity contribution in [1.82, 2.24) is 0 Å². The van der Waals surface area contributed by atoms with Crippen molar-refractivity contribution in [2.75, 3.05) is 0 Å². The molecule has 1 rings (SSSR count). The Labute approximate surface area is 172 Å². The number of Topliss-reactive ketones (excluding diaryl/α,β-unsaturated/α-hetero) is 1. The first-order chi connectivity index (χ1) is 12.9. The minimum atomic E-state index is -2.22. The van der Waals surface area contributed by atoms with Crippen molar-refractivity contribution in [2.24, 2.45) is 0 Å². The molecule has 0 aliphatic heterocycles. The second kappa shape index (κ2) is 12.8. The van der Waals surface area contributed by atoms with Crippen LogP contribution >= 0.6 is 0 Å². The van der Waals surface area contributed by atoms with E-state index in [2.05, 4.69) is 46.8 Å². The summed E-state index contributed by atoms with van der Waals surface area (Å²) >= 11 is -2.22. The van der Waals surface area contributed by atoms with Crippen molar-refractivity contribution in [3.8, 4) is 0 Å². The third-order valence-electron chi connectivity index (χ3n) is 5.98. The van der Waals surface area contributed by atoms with Crippen LogP contribution in [0.25, 0.3) is 5.57 Å². The monoisotopic (exact) mass is 478 g/mol. The Morgan fingerprint density at radius 2 is 1.15 bits per heavy atom. The van der Waals surface area contributed by atoms with Crippen LogP contribution in [0.1, 0.15) is 96.0 Å². The average molecular weight is 477 g/mol. The maximum atomic E-state index is 11.6. The van der Waals surface area contributed by atoms with E-state index in [0.29, 0.717) is 0 Å². The molecular weight excluding hydrogens is 435 g/mol. The number of carbonyl (C=O) groups is 1. The number of rotatable bonds is 13. The van der Waals surface area contributed by atoms with Gasteiger partial charge in [0.05, 0.1) is 0 Å². The molecule has 2 heteroatoms. The van der Waals surface area contributed by atoms with Crippen molar-refractivity contribution in [3.05, 3.63) is 41.0 Å². The fourth-order valence-electron chi connectivity index (χ4n) is 4.14. The zero-order valence-corrected chi connectivity index (χ0v) is 21.6. The van der Waals surface area contributed by atoms with Gasteiger partial charge in [-0.3, -0.25) is 0 Å². The summed E-state index contributed by atoms with van der Waals surface area (Å²) in [5, 5.41) is 0. The number of allylic oxidation sites excluding steroid dienone is 2. The van der Waals surface area contributed by atoms with Gasteiger partial charge in [-0.05, 0) is 0 Å². The van der Waals surface area contributed by atoms with Gasteiger partial charge in [-0.25, -0.2) is 0 Å². The molecule has 0 unspecified atom stereocenters. The zero-order valence-electron chi connectivity index (χ0n) is 18.8. The Kier molecular flexibility index (Phi) is 11.6. The molecule has 0 fully saturated rings. The molecular formula is C25H42OSn. The van der Waals surface area contributed by atoms with Crippen LogP contribution in [0.2, 0.25) is 17.7 Å². The van der Waals surface area contributed by atoms with Gasteiger partial charge in [0.25, 0.3) is 0 Å².